The molecule has 0 aromatic heterocycles. The molecule has 4 rings (SSSR count). The molecule has 254 valence electrons. The molecular formula is C33H39ClN8O6. The van der Waals surface area contributed by atoms with Crippen LogP contribution >= 0.6 is 12.4 Å². The SMILES string of the molecule is Cl.NC(N)=NCCCC(NC(=O)C(Cc1ccccc1)NC(=O)C1CCCN1C(=O)c1ccccc1)C(=O)Nc1ccc([N+](=O)[O-])cc1. The first-order valence-corrected chi connectivity index (χ1v) is 15.2. The van der Waals surface area contributed by atoms with Crippen molar-refractivity contribution >= 4 is 53.4 Å². The third-order valence-corrected chi connectivity index (χ3v) is 7.68. The Bertz CT molecular complexity index is 1590. The number of halogens is 1. The van der Waals surface area contributed by atoms with Gasteiger partial charge in [-0.3, -0.25) is 34.3 Å². The second-order valence-corrected chi connectivity index (χ2v) is 11.1. The fraction of sp³-hybridized carbons (Fsp3) is 0.303. The van der Waals surface area contributed by atoms with Gasteiger partial charge in [-0.2, -0.15) is 0 Å². The van der Waals surface area contributed by atoms with Crippen LogP contribution in [0.25, 0.3) is 0 Å². The Balaban J connectivity index is 0.00000625. The lowest BCUT2D eigenvalue weighted by Gasteiger charge is -2.27. The number of aliphatic imine (C=N–C) groups is 1. The van der Waals surface area contributed by atoms with E-state index in [1.807, 2.05) is 30.3 Å². The van der Waals surface area contributed by atoms with Gasteiger partial charge in [0.15, 0.2) is 5.96 Å². The van der Waals surface area contributed by atoms with Crippen LogP contribution in [-0.4, -0.2) is 70.6 Å². The van der Waals surface area contributed by atoms with E-state index in [9.17, 15) is 29.3 Å². The normalized spacial score (nSPS) is 14.8. The third kappa shape index (κ3) is 10.5. The maximum atomic E-state index is 13.8. The molecule has 15 heteroatoms. The van der Waals surface area contributed by atoms with Crippen LogP contribution in [0.5, 0.6) is 0 Å². The smallest absolute Gasteiger partial charge is 0.269 e. The van der Waals surface area contributed by atoms with Gasteiger partial charge in [0.2, 0.25) is 17.7 Å². The molecule has 1 fully saturated rings. The van der Waals surface area contributed by atoms with Crippen molar-refractivity contribution in [2.45, 2.75) is 50.2 Å². The molecule has 7 N–H and O–H groups in total. The number of nitrogens with one attached hydrogen (secondary N) is 3. The minimum atomic E-state index is -1.08. The predicted octanol–water partition coefficient (Wildman–Crippen LogP) is 2.53. The van der Waals surface area contributed by atoms with Crippen molar-refractivity contribution in [3.63, 3.8) is 0 Å². The van der Waals surface area contributed by atoms with Crippen LogP contribution in [0, 0.1) is 10.1 Å². The Kier molecular flexibility index (Phi) is 13.9. The number of carbonyl (C=O) groups excluding carboxylic acids is 4. The van der Waals surface area contributed by atoms with E-state index in [0.717, 1.165) is 5.56 Å². The number of hydrogen-bond donors (Lipinski definition) is 5. The molecule has 48 heavy (non-hydrogen) atoms. The van der Waals surface area contributed by atoms with Crippen molar-refractivity contribution in [2.75, 3.05) is 18.4 Å². The number of anilines is 1. The number of likely N-dealkylation sites (tertiary alicyclic amines) is 1. The van der Waals surface area contributed by atoms with Gasteiger partial charge in [0.1, 0.15) is 18.1 Å². The second-order valence-electron chi connectivity index (χ2n) is 11.1. The van der Waals surface area contributed by atoms with Gasteiger partial charge in [-0.15, -0.1) is 12.4 Å². The number of nitro benzene ring substituents is 1. The largest absolute Gasteiger partial charge is 0.370 e. The summed E-state index contributed by atoms with van der Waals surface area (Å²) in [5, 5.41) is 19.3. The van der Waals surface area contributed by atoms with Crippen molar-refractivity contribution in [1.82, 2.24) is 15.5 Å². The highest BCUT2D eigenvalue weighted by Gasteiger charge is 2.37. The minimum Gasteiger partial charge on any atom is -0.370 e. The number of hydrogen-bond acceptors (Lipinski definition) is 7. The van der Waals surface area contributed by atoms with Crippen molar-refractivity contribution in [3.8, 4) is 0 Å². The summed E-state index contributed by atoms with van der Waals surface area (Å²) >= 11 is 0. The molecule has 0 aliphatic carbocycles. The zero-order valence-corrected chi connectivity index (χ0v) is 26.9. The molecule has 1 heterocycles. The van der Waals surface area contributed by atoms with E-state index in [2.05, 4.69) is 20.9 Å². The van der Waals surface area contributed by atoms with Crippen LogP contribution in [0.1, 0.15) is 41.6 Å². The molecule has 0 spiro atoms. The van der Waals surface area contributed by atoms with Crippen molar-refractivity contribution in [2.24, 2.45) is 16.5 Å². The molecular weight excluding hydrogens is 640 g/mol. The Morgan fingerprint density at radius 2 is 1.54 bits per heavy atom. The van der Waals surface area contributed by atoms with Gasteiger partial charge in [0.25, 0.3) is 11.6 Å². The number of nitrogens with two attached hydrogens (primary N) is 2. The molecule has 3 unspecified atom stereocenters. The van der Waals surface area contributed by atoms with E-state index in [0.29, 0.717) is 37.1 Å². The van der Waals surface area contributed by atoms with Crippen LogP contribution in [0.15, 0.2) is 89.9 Å². The molecule has 0 radical (unpaired) electrons. The molecule has 1 aliphatic rings. The number of benzene rings is 3. The summed E-state index contributed by atoms with van der Waals surface area (Å²) in [6.07, 6.45) is 1.69. The van der Waals surface area contributed by atoms with Gasteiger partial charge in [-0.05, 0) is 55.5 Å². The highest BCUT2D eigenvalue weighted by Crippen LogP contribution is 2.21. The van der Waals surface area contributed by atoms with Gasteiger partial charge >= 0.3 is 0 Å². The second kappa shape index (κ2) is 18.0. The molecule has 0 saturated carbocycles. The highest BCUT2D eigenvalue weighted by molar-refractivity contribution is 6.00. The van der Waals surface area contributed by atoms with Gasteiger partial charge in [0.05, 0.1) is 4.92 Å². The fourth-order valence-corrected chi connectivity index (χ4v) is 5.30. The standard InChI is InChI=1S/C33H38N8O6.ClH/c34-33(35)36-19-7-13-26(29(42)37-24-15-17-25(18-16-24)41(46)47)38-30(43)27(21-22-9-3-1-4-10-22)39-31(44)28-14-8-20-40(28)32(45)23-11-5-2-6-12-23;/h1-6,9-12,15-18,26-28H,7-8,13-14,19-21H2,(H,37,42)(H,38,43)(H,39,44)(H4,34,35,36);1H. The number of nitrogens with zero attached hydrogens (tertiary/aromatic N) is 3. The van der Waals surface area contributed by atoms with Crippen molar-refractivity contribution < 1.29 is 24.1 Å². The van der Waals surface area contributed by atoms with Crippen LogP contribution in [0.2, 0.25) is 0 Å². The molecule has 3 atom stereocenters. The number of amides is 4. The first-order chi connectivity index (χ1) is 22.6. The van der Waals surface area contributed by atoms with E-state index in [1.54, 1.807) is 30.3 Å². The molecule has 14 nitrogen and oxygen atoms in total. The molecule has 0 bridgehead atoms. The quantitative estimate of drug-likeness (QED) is 0.0560. The summed E-state index contributed by atoms with van der Waals surface area (Å²) < 4.78 is 0. The average Bonchev–Trinajstić information content (AvgIpc) is 3.57. The van der Waals surface area contributed by atoms with E-state index in [4.69, 9.17) is 11.5 Å². The Hall–Kier alpha value is -5.50. The first kappa shape index (κ1) is 37.0. The van der Waals surface area contributed by atoms with Crippen molar-refractivity contribution in [1.29, 1.82) is 0 Å². The molecule has 1 saturated heterocycles. The molecule has 3 aromatic carbocycles. The number of guanidine groups is 1. The lowest BCUT2D eigenvalue weighted by Crippen LogP contribution is -2.56. The lowest BCUT2D eigenvalue weighted by molar-refractivity contribution is -0.384. The van der Waals surface area contributed by atoms with Gasteiger partial charge in [-0.25, -0.2) is 0 Å². The average molecular weight is 679 g/mol. The number of rotatable bonds is 14. The third-order valence-electron chi connectivity index (χ3n) is 7.68. The fourth-order valence-electron chi connectivity index (χ4n) is 5.30. The number of nitro groups is 1. The van der Waals surface area contributed by atoms with Crippen LogP contribution in [0.4, 0.5) is 11.4 Å². The molecule has 1 aliphatic heterocycles. The first-order valence-electron chi connectivity index (χ1n) is 15.2. The maximum Gasteiger partial charge on any atom is 0.269 e. The topological polar surface area (TPSA) is 215 Å². The van der Waals surface area contributed by atoms with Gasteiger partial charge in [0, 0.05) is 42.9 Å². The van der Waals surface area contributed by atoms with E-state index in [1.165, 1.54) is 29.2 Å². The van der Waals surface area contributed by atoms with E-state index < -0.39 is 40.8 Å². The monoisotopic (exact) mass is 678 g/mol. The van der Waals surface area contributed by atoms with Crippen LogP contribution < -0.4 is 27.4 Å². The molecule has 4 amide bonds. The van der Waals surface area contributed by atoms with Gasteiger partial charge < -0.3 is 32.3 Å². The number of non-ortho nitro benzene ring substituents is 1. The minimum absolute atomic E-state index is 0. The summed E-state index contributed by atoms with van der Waals surface area (Å²) in [5.41, 5.74) is 12.2. The van der Waals surface area contributed by atoms with E-state index >= 15 is 0 Å². The van der Waals surface area contributed by atoms with Crippen LogP contribution in [0.3, 0.4) is 0 Å². The highest BCUT2D eigenvalue weighted by atomic mass is 35.5. The summed E-state index contributed by atoms with van der Waals surface area (Å²) in [6.45, 7) is 0.610. The summed E-state index contributed by atoms with van der Waals surface area (Å²) in [7, 11) is 0. The number of carbonyl (C=O) groups is 4. The van der Waals surface area contributed by atoms with E-state index in [-0.39, 0.29) is 49.3 Å². The maximum absolute atomic E-state index is 13.8. The zero-order chi connectivity index (χ0) is 33.8. The Morgan fingerprint density at radius 1 is 0.896 bits per heavy atom. The Labute approximate surface area is 283 Å². The van der Waals surface area contributed by atoms with Gasteiger partial charge in [-0.1, -0.05) is 48.5 Å². The zero-order valence-electron chi connectivity index (χ0n) is 26.1. The summed E-state index contributed by atoms with van der Waals surface area (Å²) in [5.74, 6) is -2.03. The van der Waals surface area contributed by atoms with Crippen molar-refractivity contribution in [3.05, 3.63) is 106 Å². The van der Waals surface area contributed by atoms with Crippen LogP contribution in [-0.2, 0) is 20.8 Å². The predicted molar refractivity (Wildman–Crippen MR) is 183 cm³/mol. The molecule has 3 aromatic rings. The summed E-state index contributed by atoms with van der Waals surface area (Å²) in [4.78, 5) is 70.0. The Morgan fingerprint density at radius 3 is 2.17 bits per heavy atom. The summed E-state index contributed by atoms with van der Waals surface area (Å²) in [6, 6.07) is 20.2. The lowest BCUT2D eigenvalue weighted by atomic mass is 10.0.